The third-order valence-corrected chi connectivity index (χ3v) is 3.79. The minimum absolute atomic E-state index is 0.383. The van der Waals surface area contributed by atoms with Crippen molar-refractivity contribution in [2.24, 2.45) is 0 Å². The topological polar surface area (TPSA) is 12.5 Å². The summed E-state index contributed by atoms with van der Waals surface area (Å²) in [7, 11) is 0. The molecule has 0 amide bonds. The second-order valence-electron chi connectivity index (χ2n) is 5.11. The van der Waals surface area contributed by atoms with Gasteiger partial charge in [-0.25, -0.2) is 0 Å². The summed E-state index contributed by atoms with van der Waals surface area (Å²) in [6.07, 6.45) is 2.84. The van der Waals surface area contributed by atoms with Crippen LogP contribution in [0.1, 0.15) is 38.3 Å². The fourth-order valence-electron chi connectivity index (χ4n) is 3.06. The minimum Gasteiger partial charge on any atom is -0.488 e. The number of piperidine rings is 1. The van der Waals surface area contributed by atoms with Gasteiger partial charge in [0.2, 0.25) is 0 Å². The van der Waals surface area contributed by atoms with Crippen molar-refractivity contribution in [2.45, 2.75) is 44.9 Å². The van der Waals surface area contributed by atoms with E-state index in [1.165, 1.54) is 24.9 Å². The van der Waals surface area contributed by atoms with Crippen molar-refractivity contribution in [3.8, 4) is 5.75 Å². The zero-order valence-electron chi connectivity index (χ0n) is 10.0. The van der Waals surface area contributed by atoms with Crippen molar-refractivity contribution in [3.63, 3.8) is 0 Å². The van der Waals surface area contributed by atoms with Gasteiger partial charge in [0.25, 0.3) is 0 Å². The Hall–Kier alpha value is -1.02. The Labute approximate surface area is 97.2 Å². The molecule has 1 fully saturated rings. The Morgan fingerprint density at radius 3 is 2.94 bits per heavy atom. The van der Waals surface area contributed by atoms with Gasteiger partial charge in [-0.2, -0.15) is 0 Å². The van der Waals surface area contributed by atoms with Crippen molar-refractivity contribution < 1.29 is 4.74 Å². The number of ether oxygens (including phenoxy) is 1. The molecule has 0 radical (unpaired) electrons. The van der Waals surface area contributed by atoms with Gasteiger partial charge in [-0.05, 0) is 39.3 Å². The van der Waals surface area contributed by atoms with E-state index in [0.29, 0.717) is 18.2 Å². The molecule has 0 aromatic heterocycles. The number of hydrogen-bond donors (Lipinski definition) is 0. The van der Waals surface area contributed by atoms with Crippen molar-refractivity contribution in [2.75, 3.05) is 6.54 Å². The molecule has 2 nitrogen and oxygen atoms in total. The zero-order valence-corrected chi connectivity index (χ0v) is 10.0. The highest BCUT2D eigenvalue weighted by atomic mass is 16.5. The highest BCUT2D eigenvalue weighted by Gasteiger charge is 2.41. The lowest BCUT2D eigenvalue weighted by Crippen LogP contribution is -2.44. The molecule has 0 aliphatic carbocycles. The molecule has 2 atom stereocenters. The largest absolute Gasteiger partial charge is 0.488 e. The van der Waals surface area contributed by atoms with Crippen LogP contribution in [0.5, 0.6) is 5.75 Å². The highest BCUT2D eigenvalue weighted by Crippen LogP contribution is 2.44. The number of nitrogens with zero attached hydrogens (tertiary/aromatic N) is 1. The average molecular weight is 217 g/mol. The number of para-hydroxylation sites is 1. The van der Waals surface area contributed by atoms with Crippen LogP contribution < -0.4 is 4.74 Å². The molecule has 0 bridgehead atoms. The third-order valence-electron chi connectivity index (χ3n) is 3.79. The van der Waals surface area contributed by atoms with E-state index in [2.05, 4.69) is 43.0 Å². The summed E-state index contributed by atoms with van der Waals surface area (Å²) in [5.74, 6) is 1.10. The van der Waals surface area contributed by atoms with E-state index >= 15 is 0 Å². The van der Waals surface area contributed by atoms with Gasteiger partial charge in [-0.1, -0.05) is 18.2 Å². The minimum atomic E-state index is 0.383. The molecule has 1 aromatic rings. The zero-order chi connectivity index (χ0) is 11.1. The molecule has 0 N–H and O–H groups in total. The van der Waals surface area contributed by atoms with Crippen LogP contribution in [0.4, 0.5) is 0 Å². The monoisotopic (exact) mass is 217 g/mol. The molecule has 2 aliphatic rings. The molecule has 86 valence electrons. The van der Waals surface area contributed by atoms with E-state index in [1.54, 1.807) is 0 Å². The molecule has 2 heteroatoms. The lowest BCUT2D eigenvalue weighted by atomic mass is 9.93. The summed E-state index contributed by atoms with van der Waals surface area (Å²) in [5.41, 5.74) is 1.39. The lowest BCUT2D eigenvalue weighted by molar-refractivity contribution is 0.0328. The summed E-state index contributed by atoms with van der Waals surface area (Å²) < 4.78 is 6.05. The number of hydrogen-bond acceptors (Lipinski definition) is 2. The molecule has 1 aromatic carbocycles. The van der Waals surface area contributed by atoms with Crippen molar-refractivity contribution in [3.05, 3.63) is 29.8 Å². The van der Waals surface area contributed by atoms with Crippen LogP contribution in [0.2, 0.25) is 0 Å². The summed E-state index contributed by atoms with van der Waals surface area (Å²) >= 11 is 0. The Balaban J connectivity index is 1.99. The fraction of sp³-hybridized carbons (Fsp3) is 0.571. The molecule has 0 saturated carbocycles. The van der Waals surface area contributed by atoms with Gasteiger partial charge in [-0.15, -0.1) is 0 Å². The molecule has 16 heavy (non-hydrogen) atoms. The van der Waals surface area contributed by atoms with E-state index in [4.69, 9.17) is 4.74 Å². The second kappa shape index (κ2) is 3.77. The predicted octanol–water partition coefficient (Wildman–Crippen LogP) is 2.99. The molecular formula is C14H19NO. The summed E-state index contributed by atoms with van der Waals surface area (Å²) in [6, 6.07) is 9.60. The highest BCUT2D eigenvalue weighted by molar-refractivity contribution is 5.41. The summed E-state index contributed by atoms with van der Waals surface area (Å²) in [4.78, 5) is 2.58. The lowest BCUT2D eigenvalue weighted by Gasteiger charge is -2.39. The van der Waals surface area contributed by atoms with E-state index in [1.807, 2.05) is 0 Å². The van der Waals surface area contributed by atoms with Gasteiger partial charge in [0.1, 0.15) is 11.9 Å². The number of likely N-dealkylation sites (tertiary alicyclic amines) is 1. The smallest absolute Gasteiger partial charge is 0.124 e. The Morgan fingerprint density at radius 2 is 2.12 bits per heavy atom. The summed E-state index contributed by atoms with van der Waals surface area (Å²) in [6.45, 7) is 5.77. The number of benzene rings is 1. The average Bonchev–Trinajstić information content (AvgIpc) is 2.66. The maximum Gasteiger partial charge on any atom is 0.124 e. The van der Waals surface area contributed by atoms with Crippen molar-refractivity contribution in [1.82, 2.24) is 4.90 Å². The van der Waals surface area contributed by atoms with E-state index < -0.39 is 0 Å². The molecule has 2 unspecified atom stereocenters. The Kier molecular flexibility index (Phi) is 2.40. The first kappa shape index (κ1) is 10.2. The molecule has 0 spiro atoms. The van der Waals surface area contributed by atoms with Crippen LogP contribution in [0, 0.1) is 0 Å². The standard InChI is InChI=1S/C14H19NO/c1-10(2)15-9-5-8-13-14(15)11-6-3-4-7-12(11)16-13/h3-4,6-7,10,13-14H,5,8-9H2,1-2H3. The van der Waals surface area contributed by atoms with Crippen molar-refractivity contribution >= 4 is 0 Å². The van der Waals surface area contributed by atoms with Crippen LogP contribution in [0.3, 0.4) is 0 Å². The molecule has 2 heterocycles. The second-order valence-corrected chi connectivity index (χ2v) is 5.11. The first-order chi connectivity index (χ1) is 7.77. The van der Waals surface area contributed by atoms with E-state index in [-0.39, 0.29) is 0 Å². The maximum atomic E-state index is 6.05. The Bertz CT molecular complexity index is 388. The van der Waals surface area contributed by atoms with Gasteiger partial charge in [-0.3, -0.25) is 4.90 Å². The SMILES string of the molecule is CC(C)N1CCCC2Oc3ccccc3C21. The van der Waals surface area contributed by atoms with Gasteiger partial charge >= 0.3 is 0 Å². The number of fused-ring (bicyclic) bond motifs is 3. The van der Waals surface area contributed by atoms with Gasteiger partial charge in [0.15, 0.2) is 0 Å². The first-order valence-corrected chi connectivity index (χ1v) is 6.28. The van der Waals surface area contributed by atoms with Gasteiger partial charge in [0, 0.05) is 11.6 Å². The first-order valence-electron chi connectivity index (χ1n) is 6.28. The van der Waals surface area contributed by atoms with Crippen LogP contribution in [-0.2, 0) is 0 Å². The van der Waals surface area contributed by atoms with Crippen LogP contribution in [0.25, 0.3) is 0 Å². The quantitative estimate of drug-likeness (QED) is 0.717. The third kappa shape index (κ3) is 1.44. The molecule has 3 rings (SSSR count). The van der Waals surface area contributed by atoms with Gasteiger partial charge in [0.05, 0.1) is 6.04 Å². The van der Waals surface area contributed by atoms with Gasteiger partial charge < -0.3 is 4.74 Å². The maximum absolute atomic E-state index is 6.05. The van der Waals surface area contributed by atoms with Crippen LogP contribution in [0.15, 0.2) is 24.3 Å². The summed E-state index contributed by atoms with van der Waals surface area (Å²) in [5, 5.41) is 0. The molecular weight excluding hydrogens is 198 g/mol. The van der Waals surface area contributed by atoms with Crippen LogP contribution >= 0.6 is 0 Å². The number of rotatable bonds is 1. The normalized spacial score (nSPS) is 28.7. The fourth-order valence-corrected chi connectivity index (χ4v) is 3.06. The van der Waals surface area contributed by atoms with E-state index in [9.17, 15) is 0 Å². The van der Waals surface area contributed by atoms with Crippen molar-refractivity contribution in [1.29, 1.82) is 0 Å². The molecule has 2 aliphatic heterocycles. The van der Waals surface area contributed by atoms with E-state index in [0.717, 1.165) is 5.75 Å². The molecule has 1 saturated heterocycles. The predicted molar refractivity (Wildman–Crippen MR) is 64.7 cm³/mol. The Morgan fingerprint density at radius 1 is 1.31 bits per heavy atom. The van der Waals surface area contributed by atoms with Crippen LogP contribution in [-0.4, -0.2) is 23.6 Å².